The molecule has 12 heteroatoms. The highest BCUT2D eigenvalue weighted by atomic mass is 32.2. The smallest absolute Gasteiger partial charge is 0.260 e. The van der Waals surface area contributed by atoms with Crippen LogP contribution < -0.4 is 11.3 Å². The van der Waals surface area contributed by atoms with Gasteiger partial charge in [0.25, 0.3) is 5.56 Å². The summed E-state index contributed by atoms with van der Waals surface area (Å²) in [5.41, 5.74) is 5.22. The molecule has 1 heterocycles. The highest BCUT2D eigenvalue weighted by molar-refractivity contribution is 8.22. The summed E-state index contributed by atoms with van der Waals surface area (Å²) in [5.74, 6) is -10.5. The Bertz CT molecular complexity index is 1190. The summed E-state index contributed by atoms with van der Waals surface area (Å²) in [6, 6.07) is 4.89. The predicted molar refractivity (Wildman–Crippen MR) is 108 cm³/mol. The molecule has 0 saturated heterocycles. The van der Waals surface area contributed by atoms with Crippen LogP contribution in [0.2, 0.25) is 0 Å². The van der Waals surface area contributed by atoms with Crippen LogP contribution in [0, 0.1) is 29.1 Å². The van der Waals surface area contributed by atoms with Crippen molar-refractivity contribution in [3.8, 4) is 0 Å². The lowest BCUT2D eigenvalue weighted by Gasteiger charge is -2.20. The molecule has 0 aliphatic carbocycles. The molecular weight excluding hydrogens is 447 g/mol. The second kappa shape index (κ2) is 8.56. The highest BCUT2D eigenvalue weighted by Gasteiger charge is 2.26. The summed E-state index contributed by atoms with van der Waals surface area (Å²) in [6.07, 6.45) is 0. The van der Waals surface area contributed by atoms with Gasteiger partial charge in [-0.2, -0.15) is 0 Å². The lowest BCUT2D eigenvalue weighted by Crippen LogP contribution is -2.22. The van der Waals surface area contributed by atoms with Gasteiger partial charge in [-0.15, -0.1) is 0 Å². The molecule has 3 N–H and O–H groups in total. The van der Waals surface area contributed by atoms with Gasteiger partial charge in [-0.25, -0.2) is 26.9 Å². The van der Waals surface area contributed by atoms with Crippen molar-refractivity contribution in [1.29, 1.82) is 0 Å². The zero-order chi connectivity index (χ0) is 22.2. The van der Waals surface area contributed by atoms with E-state index in [9.17, 15) is 26.7 Å². The van der Waals surface area contributed by atoms with Crippen LogP contribution in [0.5, 0.6) is 0 Å². The second-order valence-electron chi connectivity index (χ2n) is 6.26. The first-order valence-electron chi connectivity index (χ1n) is 8.26. The fraction of sp³-hybridized carbons (Fsp3) is 0.167. The molecular formula is C18H13F5N4OS2. The molecule has 3 aromatic rings. The van der Waals surface area contributed by atoms with Gasteiger partial charge in [0.15, 0.2) is 23.3 Å². The first-order chi connectivity index (χ1) is 14.1. The van der Waals surface area contributed by atoms with Crippen LogP contribution in [0.15, 0.2) is 23.0 Å². The number of fused-ring (bicyclic) bond motifs is 1. The molecule has 0 aliphatic rings. The molecule has 0 aliphatic heterocycles. The molecule has 1 aromatic heterocycles. The van der Waals surface area contributed by atoms with E-state index in [1.54, 1.807) is 25.2 Å². The summed E-state index contributed by atoms with van der Waals surface area (Å²) in [7, 11) is 1.59. The fourth-order valence-corrected chi connectivity index (χ4v) is 3.71. The van der Waals surface area contributed by atoms with E-state index in [1.807, 2.05) is 0 Å². The number of nitrogens with zero attached hydrogens (tertiary/aromatic N) is 2. The SMILES string of the molecule is CN(Cc1ccc2nc(N)[nH]c(=O)c2c1)C(=S)SCc1c(F)c(F)c(F)c(F)c1F. The lowest BCUT2D eigenvalue weighted by molar-refractivity contribution is 0.372. The Kier molecular flexibility index (Phi) is 6.27. The van der Waals surface area contributed by atoms with Crippen LogP contribution in [0.25, 0.3) is 10.9 Å². The first-order valence-corrected chi connectivity index (χ1v) is 9.66. The van der Waals surface area contributed by atoms with Crippen molar-refractivity contribution in [3.63, 3.8) is 0 Å². The van der Waals surface area contributed by atoms with Crippen molar-refractivity contribution in [2.24, 2.45) is 0 Å². The van der Waals surface area contributed by atoms with Crippen LogP contribution in [-0.2, 0) is 12.3 Å². The van der Waals surface area contributed by atoms with E-state index >= 15 is 0 Å². The molecule has 0 atom stereocenters. The van der Waals surface area contributed by atoms with E-state index in [4.69, 9.17) is 18.0 Å². The summed E-state index contributed by atoms with van der Waals surface area (Å²) in [4.78, 5) is 19.9. The maximum Gasteiger partial charge on any atom is 0.260 e. The van der Waals surface area contributed by atoms with Crippen molar-refractivity contribution < 1.29 is 22.0 Å². The number of aromatic amines is 1. The van der Waals surface area contributed by atoms with E-state index < -0.39 is 46.0 Å². The average Bonchev–Trinajstić information content (AvgIpc) is 2.71. The number of rotatable bonds is 4. The van der Waals surface area contributed by atoms with Gasteiger partial charge in [0.2, 0.25) is 11.8 Å². The zero-order valence-electron chi connectivity index (χ0n) is 15.2. The minimum absolute atomic E-state index is 0.0110. The Morgan fingerprint density at radius 1 is 1.13 bits per heavy atom. The van der Waals surface area contributed by atoms with Gasteiger partial charge < -0.3 is 10.6 Å². The molecule has 0 saturated carbocycles. The van der Waals surface area contributed by atoms with Crippen LogP contribution in [0.3, 0.4) is 0 Å². The fourth-order valence-electron chi connectivity index (χ4n) is 2.66. The van der Waals surface area contributed by atoms with Gasteiger partial charge in [-0.05, 0) is 17.7 Å². The molecule has 0 amide bonds. The number of hydrogen-bond donors (Lipinski definition) is 2. The molecule has 30 heavy (non-hydrogen) atoms. The predicted octanol–water partition coefficient (Wildman–Crippen LogP) is 3.85. The largest absolute Gasteiger partial charge is 0.369 e. The number of benzene rings is 2. The minimum Gasteiger partial charge on any atom is -0.369 e. The summed E-state index contributed by atoms with van der Waals surface area (Å²) < 4.78 is 67.4. The zero-order valence-corrected chi connectivity index (χ0v) is 16.9. The van der Waals surface area contributed by atoms with Crippen LogP contribution in [0.4, 0.5) is 27.9 Å². The van der Waals surface area contributed by atoms with Gasteiger partial charge in [0, 0.05) is 24.9 Å². The number of nitrogens with two attached hydrogens (primary N) is 1. The molecule has 5 nitrogen and oxygen atoms in total. The third kappa shape index (κ3) is 4.24. The number of aromatic nitrogens is 2. The van der Waals surface area contributed by atoms with E-state index in [0.29, 0.717) is 16.5 Å². The van der Waals surface area contributed by atoms with E-state index in [1.165, 1.54) is 4.90 Å². The van der Waals surface area contributed by atoms with Crippen LogP contribution in [0.1, 0.15) is 11.1 Å². The third-order valence-electron chi connectivity index (χ3n) is 4.16. The Hall–Kier alpha value is -2.73. The lowest BCUT2D eigenvalue weighted by atomic mass is 10.1. The van der Waals surface area contributed by atoms with Gasteiger partial charge in [0.05, 0.1) is 10.9 Å². The second-order valence-corrected chi connectivity index (χ2v) is 7.87. The van der Waals surface area contributed by atoms with Gasteiger partial charge in [0.1, 0.15) is 4.32 Å². The number of thiocarbonyl (C=S) groups is 1. The van der Waals surface area contributed by atoms with Crippen molar-refractivity contribution >= 4 is 45.2 Å². The number of nitrogen functional groups attached to an aromatic ring is 1. The van der Waals surface area contributed by atoms with Crippen molar-refractivity contribution in [1.82, 2.24) is 14.9 Å². The Balaban J connectivity index is 1.73. The van der Waals surface area contributed by atoms with Crippen molar-refractivity contribution in [3.05, 3.63) is 68.8 Å². The summed E-state index contributed by atoms with van der Waals surface area (Å²) >= 11 is 5.92. The third-order valence-corrected chi connectivity index (χ3v) is 5.82. The van der Waals surface area contributed by atoms with Crippen molar-refractivity contribution in [2.75, 3.05) is 12.8 Å². The summed E-state index contributed by atoms with van der Waals surface area (Å²) in [6.45, 7) is 0.225. The van der Waals surface area contributed by atoms with Crippen LogP contribution >= 0.6 is 24.0 Å². The monoisotopic (exact) mass is 460 g/mol. The highest BCUT2D eigenvalue weighted by Crippen LogP contribution is 2.27. The Morgan fingerprint density at radius 2 is 1.73 bits per heavy atom. The number of nitrogens with one attached hydrogen (secondary N) is 1. The maximum absolute atomic E-state index is 13.8. The van der Waals surface area contributed by atoms with Gasteiger partial charge >= 0.3 is 0 Å². The number of hydrogen-bond acceptors (Lipinski definition) is 5. The van der Waals surface area contributed by atoms with E-state index in [2.05, 4.69) is 9.97 Å². The molecule has 0 spiro atoms. The van der Waals surface area contributed by atoms with Gasteiger partial charge in [-0.3, -0.25) is 9.78 Å². The van der Waals surface area contributed by atoms with Crippen LogP contribution in [-0.4, -0.2) is 26.2 Å². The molecule has 3 rings (SSSR count). The Labute approximate surface area is 176 Å². The molecule has 0 radical (unpaired) electrons. The van der Waals surface area contributed by atoms with E-state index in [0.717, 1.165) is 11.8 Å². The Morgan fingerprint density at radius 3 is 2.37 bits per heavy atom. The number of thioether (sulfide) groups is 1. The number of anilines is 1. The van der Waals surface area contributed by atoms with Gasteiger partial charge in [-0.1, -0.05) is 30.0 Å². The number of H-pyrrole nitrogens is 1. The molecule has 0 unspecified atom stereocenters. The van der Waals surface area contributed by atoms with Crippen molar-refractivity contribution in [2.45, 2.75) is 12.3 Å². The molecule has 0 bridgehead atoms. The standard InChI is InChI=1S/C18H13F5N4OS2/c1-27(5-7-2-3-10-8(4-7)16(28)26-17(24)25-10)18(29)30-6-9-11(19)13(21)15(23)14(22)12(9)20/h2-4H,5-6H2,1H3,(H3,24,25,26,28). The average molecular weight is 460 g/mol. The topological polar surface area (TPSA) is 75.0 Å². The molecule has 158 valence electrons. The summed E-state index contributed by atoms with van der Waals surface area (Å²) in [5, 5.41) is 0.315. The van der Waals surface area contributed by atoms with E-state index in [-0.39, 0.29) is 16.8 Å². The quantitative estimate of drug-likeness (QED) is 0.267. The first kappa shape index (κ1) is 22.0. The normalized spacial score (nSPS) is 11.1. The number of halogens is 5. The molecule has 2 aromatic carbocycles. The molecule has 0 fully saturated rings. The minimum atomic E-state index is -2.21. The maximum atomic E-state index is 13.8.